The van der Waals surface area contributed by atoms with Gasteiger partial charge in [-0.25, -0.2) is 4.98 Å². The van der Waals surface area contributed by atoms with Crippen molar-refractivity contribution in [1.29, 1.82) is 0 Å². The standard InChI is InChI=1S/C13H21FN4O/c1-2-15-13-16-10-11(14)12(17-13)19-9-8-18-6-4-3-5-7-18/h10H,2-9H2,1H3,(H,15,16,17). The molecule has 0 saturated carbocycles. The molecule has 0 amide bonds. The van der Waals surface area contributed by atoms with E-state index >= 15 is 0 Å². The van der Waals surface area contributed by atoms with Crippen LogP contribution in [0.15, 0.2) is 6.20 Å². The summed E-state index contributed by atoms with van der Waals surface area (Å²) in [6.45, 7) is 6.12. The van der Waals surface area contributed by atoms with Crippen molar-refractivity contribution in [1.82, 2.24) is 14.9 Å². The average Bonchev–Trinajstić information content (AvgIpc) is 2.44. The summed E-state index contributed by atoms with van der Waals surface area (Å²) in [5.41, 5.74) is 0. The molecular formula is C13H21FN4O. The number of nitrogens with one attached hydrogen (secondary N) is 1. The highest BCUT2D eigenvalue weighted by Gasteiger charge is 2.11. The molecule has 2 rings (SSSR count). The molecule has 5 nitrogen and oxygen atoms in total. The Kier molecular flexibility index (Phi) is 5.32. The fourth-order valence-electron chi connectivity index (χ4n) is 2.15. The Balaban J connectivity index is 1.82. The number of anilines is 1. The van der Waals surface area contributed by atoms with Crippen molar-refractivity contribution in [3.63, 3.8) is 0 Å². The van der Waals surface area contributed by atoms with E-state index in [-0.39, 0.29) is 5.88 Å². The van der Waals surface area contributed by atoms with E-state index < -0.39 is 5.82 Å². The molecule has 1 aliphatic heterocycles. The second-order valence-electron chi connectivity index (χ2n) is 4.63. The fraction of sp³-hybridized carbons (Fsp3) is 0.692. The molecule has 1 N–H and O–H groups in total. The summed E-state index contributed by atoms with van der Waals surface area (Å²) < 4.78 is 18.9. The second-order valence-corrected chi connectivity index (χ2v) is 4.63. The van der Waals surface area contributed by atoms with E-state index in [1.54, 1.807) is 0 Å². The van der Waals surface area contributed by atoms with Crippen LogP contribution in [0.2, 0.25) is 0 Å². The van der Waals surface area contributed by atoms with Crippen molar-refractivity contribution in [3.8, 4) is 5.88 Å². The lowest BCUT2D eigenvalue weighted by atomic mass is 10.1. The first-order valence-corrected chi connectivity index (χ1v) is 6.91. The number of likely N-dealkylation sites (tertiary alicyclic amines) is 1. The zero-order valence-corrected chi connectivity index (χ0v) is 11.4. The molecular weight excluding hydrogens is 247 g/mol. The van der Waals surface area contributed by atoms with E-state index in [1.165, 1.54) is 19.3 Å². The maximum absolute atomic E-state index is 13.5. The average molecular weight is 268 g/mol. The largest absolute Gasteiger partial charge is 0.474 e. The highest BCUT2D eigenvalue weighted by Crippen LogP contribution is 2.15. The topological polar surface area (TPSA) is 50.3 Å². The van der Waals surface area contributed by atoms with Gasteiger partial charge in [-0.05, 0) is 32.9 Å². The van der Waals surface area contributed by atoms with Gasteiger partial charge in [0.05, 0.1) is 6.20 Å². The number of halogens is 1. The summed E-state index contributed by atoms with van der Waals surface area (Å²) in [4.78, 5) is 10.2. The lowest BCUT2D eigenvalue weighted by Crippen LogP contribution is -2.33. The van der Waals surface area contributed by atoms with Crippen molar-refractivity contribution in [3.05, 3.63) is 12.0 Å². The predicted octanol–water partition coefficient (Wildman–Crippen LogP) is 1.91. The summed E-state index contributed by atoms with van der Waals surface area (Å²) in [5.74, 6) is -0.0832. The van der Waals surface area contributed by atoms with Crippen molar-refractivity contribution in [2.24, 2.45) is 0 Å². The third-order valence-corrected chi connectivity index (χ3v) is 3.14. The van der Waals surface area contributed by atoms with Crippen molar-refractivity contribution >= 4 is 5.95 Å². The maximum atomic E-state index is 13.5. The minimum absolute atomic E-state index is 0.0305. The van der Waals surface area contributed by atoms with Crippen LogP contribution < -0.4 is 10.1 Å². The highest BCUT2D eigenvalue weighted by molar-refractivity contribution is 5.27. The maximum Gasteiger partial charge on any atom is 0.255 e. The van der Waals surface area contributed by atoms with Gasteiger partial charge in [0, 0.05) is 13.1 Å². The van der Waals surface area contributed by atoms with E-state index in [0.29, 0.717) is 19.1 Å². The normalized spacial score (nSPS) is 16.3. The molecule has 0 atom stereocenters. The molecule has 0 aromatic carbocycles. The van der Waals surface area contributed by atoms with Gasteiger partial charge in [0.1, 0.15) is 6.61 Å². The van der Waals surface area contributed by atoms with Crippen LogP contribution in [0.25, 0.3) is 0 Å². The Morgan fingerprint density at radius 1 is 1.37 bits per heavy atom. The number of hydrogen-bond acceptors (Lipinski definition) is 5. The number of rotatable bonds is 6. The Morgan fingerprint density at radius 3 is 2.89 bits per heavy atom. The molecule has 19 heavy (non-hydrogen) atoms. The summed E-state index contributed by atoms with van der Waals surface area (Å²) in [5, 5.41) is 2.94. The van der Waals surface area contributed by atoms with Gasteiger partial charge in [0.2, 0.25) is 11.8 Å². The van der Waals surface area contributed by atoms with Crippen LogP contribution in [0.3, 0.4) is 0 Å². The van der Waals surface area contributed by atoms with Crippen molar-refractivity contribution < 1.29 is 9.13 Å². The zero-order chi connectivity index (χ0) is 13.5. The first-order valence-electron chi connectivity index (χ1n) is 6.91. The summed E-state index contributed by atoms with van der Waals surface area (Å²) in [6, 6.07) is 0. The van der Waals surface area contributed by atoms with Crippen molar-refractivity contribution in [2.75, 3.05) is 38.1 Å². The van der Waals surface area contributed by atoms with E-state index in [9.17, 15) is 4.39 Å². The smallest absolute Gasteiger partial charge is 0.255 e. The molecule has 0 bridgehead atoms. The highest BCUT2D eigenvalue weighted by atomic mass is 19.1. The monoisotopic (exact) mass is 268 g/mol. The SMILES string of the molecule is CCNc1ncc(F)c(OCCN2CCCCC2)n1. The number of aromatic nitrogens is 2. The summed E-state index contributed by atoms with van der Waals surface area (Å²) in [6.07, 6.45) is 4.93. The van der Waals surface area contributed by atoms with E-state index in [4.69, 9.17) is 4.74 Å². The van der Waals surface area contributed by atoms with Gasteiger partial charge in [-0.1, -0.05) is 6.42 Å². The molecule has 1 aliphatic rings. The Bertz CT molecular complexity index is 396. The Labute approximate surface area is 113 Å². The van der Waals surface area contributed by atoms with Gasteiger partial charge in [0.15, 0.2) is 0 Å². The number of ether oxygens (including phenoxy) is 1. The van der Waals surface area contributed by atoms with Crippen LogP contribution in [-0.4, -0.2) is 47.7 Å². The first-order chi connectivity index (χ1) is 9.29. The molecule has 1 aromatic heterocycles. The molecule has 1 saturated heterocycles. The lowest BCUT2D eigenvalue weighted by molar-refractivity contribution is 0.177. The molecule has 1 fully saturated rings. The van der Waals surface area contributed by atoms with Crippen molar-refractivity contribution in [2.45, 2.75) is 26.2 Å². The van der Waals surface area contributed by atoms with Gasteiger partial charge in [0.25, 0.3) is 5.88 Å². The van der Waals surface area contributed by atoms with E-state index in [0.717, 1.165) is 25.8 Å². The minimum atomic E-state index is -0.514. The van der Waals surface area contributed by atoms with Gasteiger partial charge in [-0.2, -0.15) is 9.37 Å². The Hall–Kier alpha value is -1.43. The molecule has 0 aliphatic carbocycles. The fourth-order valence-corrected chi connectivity index (χ4v) is 2.15. The van der Waals surface area contributed by atoms with Gasteiger partial charge in [-0.15, -0.1) is 0 Å². The van der Waals surface area contributed by atoms with Crippen LogP contribution >= 0.6 is 0 Å². The van der Waals surface area contributed by atoms with E-state index in [2.05, 4.69) is 20.2 Å². The quantitative estimate of drug-likeness (QED) is 0.854. The molecule has 0 unspecified atom stereocenters. The van der Waals surface area contributed by atoms with Gasteiger partial charge < -0.3 is 10.1 Å². The third kappa shape index (κ3) is 4.31. The Morgan fingerprint density at radius 2 is 2.16 bits per heavy atom. The number of nitrogens with zero attached hydrogens (tertiary/aromatic N) is 3. The molecule has 6 heteroatoms. The first kappa shape index (κ1) is 14.0. The number of hydrogen-bond donors (Lipinski definition) is 1. The van der Waals surface area contributed by atoms with Crippen LogP contribution in [0.5, 0.6) is 5.88 Å². The van der Waals surface area contributed by atoms with Gasteiger partial charge in [-0.3, -0.25) is 4.90 Å². The molecule has 106 valence electrons. The van der Waals surface area contributed by atoms with Gasteiger partial charge >= 0.3 is 0 Å². The van der Waals surface area contributed by atoms with Crippen LogP contribution in [0, 0.1) is 5.82 Å². The second kappa shape index (κ2) is 7.23. The summed E-state index contributed by atoms with van der Waals surface area (Å²) in [7, 11) is 0. The zero-order valence-electron chi connectivity index (χ0n) is 11.4. The number of piperidine rings is 1. The molecule has 0 spiro atoms. The van der Waals surface area contributed by atoms with Crippen LogP contribution in [0.4, 0.5) is 10.3 Å². The molecule has 1 aromatic rings. The minimum Gasteiger partial charge on any atom is -0.474 e. The van der Waals surface area contributed by atoms with E-state index in [1.807, 2.05) is 6.92 Å². The lowest BCUT2D eigenvalue weighted by Gasteiger charge is -2.26. The third-order valence-electron chi connectivity index (χ3n) is 3.14. The predicted molar refractivity (Wildman–Crippen MR) is 71.9 cm³/mol. The van der Waals surface area contributed by atoms with Crippen LogP contribution in [0.1, 0.15) is 26.2 Å². The molecule has 2 heterocycles. The van der Waals surface area contributed by atoms with Crippen LogP contribution in [-0.2, 0) is 0 Å². The summed E-state index contributed by atoms with van der Waals surface area (Å²) >= 11 is 0. The molecule has 0 radical (unpaired) electrons.